The lowest BCUT2D eigenvalue weighted by atomic mass is 10.1. The van der Waals surface area contributed by atoms with E-state index in [9.17, 15) is 8.78 Å². The van der Waals surface area contributed by atoms with Crippen LogP contribution in [-0.2, 0) is 6.61 Å². The SMILES string of the molecule is CN=Cc1n[nH]nc1-c1ccc(OC(F)F)c(OCc2ccc(Cl)cc2)c1. The quantitative estimate of drug-likeness (QED) is 0.606. The monoisotopic (exact) mass is 392 g/mol. The minimum absolute atomic E-state index is 0.0723. The first-order chi connectivity index (χ1) is 13.1. The molecule has 0 saturated carbocycles. The van der Waals surface area contributed by atoms with E-state index in [0.29, 0.717) is 22.0 Å². The molecule has 140 valence electrons. The van der Waals surface area contributed by atoms with Crippen molar-refractivity contribution in [1.82, 2.24) is 15.4 Å². The van der Waals surface area contributed by atoms with Crippen LogP contribution < -0.4 is 9.47 Å². The number of hydrogen-bond acceptors (Lipinski definition) is 5. The van der Waals surface area contributed by atoms with Crippen molar-refractivity contribution in [2.24, 2.45) is 4.99 Å². The summed E-state index contributed by atoms with van der Waals surface area (Å²) in [6.45, 7) is -2.81. The van der Waals surface area contributed by atoms with E-state index in [0.717, 1.165) is 5.56 Å². The van der Waals surface area contributed by atoms with Gasteiger partial charge >= 0.3 is 6.61 Å². The highest BCUT2D eigenvalue weighted by Gasteiger charge is 2.16. The van der Waals surface area contributed by atoms with Gasteiger partial charge in [-0.2, -0.15) is 24.2 Å². The standard InChI is InChI=1S/C18H15ClF2N4O2/c1-22-9-14-17(24-25-23-14)12-4-7-15(27-18(20)21)16(8-12)26-10-11-2-5-13(19)6-3-11/h2-9,18H,10H2,1H3,(H,23,24,25). The summed E-state index contributed by atoms with van der Waals surface area (Å²) < 4.78 is 35.7. The van der Waals surface area contributed by atoms with Gasteiger partial charge in [0.1, 0.15) is 18.0 Å². The number of rotatable bonds is 7. The van der Waals surface area contributed by atoms with Crippen molar-refractivity contribution in [1.29, 1.82) is 0 Å². The van der Waals surface area contributed by atoms with E-state index in [4.69, 9.17) is 16.3 Å². The molecule has 2 aromatic carbocycles. The van der Waals surface area contributed by atoms with E-state index in [1.807, 2.05) is 0 Å². The minimum atomic E-state index is -2.97. The van der Waals surface area contributed by atoms with Gasteiger partial charge in [0.2, 0.25) is 0 Å². The Balaban J connectivity index is 1.90. The van der Waals surface area contributed by atoms with Gasteiger partial charge in [-0.3, -0.25) is 4.99 Å². The van der Waals surface area contributed by atoms with Gasteiger partial charge in [0.05, 0.1) is 6.21 Å². The van der Waals surface area contributed by atoms with Gasteiger partial charge in [0, 0.05) is 17.6 Å². The molecule has 27 heavy (non-hydrogen) atoms. The number of aliphatic imine (C=N–C) groups is 1. The zero-order valence-electron chi connectivity index (χ0n) is 14.2. The summed E-state index contributed by atoms with van der Waals surface area (Å²) in [6, 6.07) is 11.6. The first-order valence-corrected chi connectivity index (χ1v) is 8.24. The highest BCUT2D eigenvalue weighted by molar-refractivity contribution is 6.30. The summed E-state index contributed by atoms with van der Waals surface area (Å²) in [7, 11) is 1.61. The average molecular weight is 393 g/mol. The Labute approximate surface area is 158 Å². The molecule has 0 bridgehead atoms. The van der Waals surface area contributed by atoms with Crippen molar-refractivity contribution in [3.05, 3.63) is 58.7 Å². The number of aromatic amines is 1. The summed E-state index contributed by atoms with van der Waals surface area (Å²) in [4.78, 5) is 3.91. The van der Waals surface area contributed by atoms with E-state index in [-0.39, 0.29) is 18.1 Å². The summed E-state index contributed by atoms with van der Waals surface area (Å²) in [5.74, 6) is 0.0852. The molecule has 1 aromatic heterocycles. The van der Waals surface area contributed by atoms with Crippen LogP contribution in [0.4, 0.5) is 8.78 Å². The number of nitrogens with one attached hydrogen (secondary N) is 1. The van der Waals surface area contributed by atoms with Crippen LogP contribution in [0.15, 0.2) is 47.5 Å². The third-order valence-electron chi connectivity index (χ3n) is 3.57. The lowest BCUT2D eigenvalue weighted by Crippen LogP contribution is -2.05. The molecule has 0 amide bonds. The van der Waals surface area contributed by atoms with Crippen LogP contribution in [0.3, 0.4) is 0 Å². The van der Waals surface area contributed by atoms with Gasteiger partial charge < -0.3 is 9.47 Å². The molecule has 9 heteroatoms. The van der Waals surface area contributed by atoms with Crippen LogP contribution in [0.1, 0.15) is 11.3 Å². The molecule has 0 fully saturated rings. The molecule has 1 heterocycles. The van der Waals surface area contributed by atoms with E-state index >= 15 is 0 Å². The Morgan fingerprint density at radius 1 is 1.15 bits per heavy atom. The molecular weight excluding hydrogens is 378 g/mol. The zero-order valence-corrected chi connectivity index (χ0v) is 15.0. The lowest BCUT2D eigenvalue weighted by molar-refractivity contribution is -0.0515. The van der Waals surface area contributed by atoms with Crippen LogP contribution in [0.25, 0.3) is 11.3 Å². The fourth-order valence-electron chi connectivity index (χ4n) is 2.37. The Hall–Kier alpha value is -3.00. The molecule has 0 aliphatic carbocycles. The molecule has 0 radical (unpaired) electrons. The number of nitrogens with zero attached hydrogens (tertiary/aromatic N) is 3. The number of alkyl halides is 2. The second-order valence-corrected chi connectivity index (χ2v) is 5.84. The summed E-state index contributed by atoms with van der Waals surface area (Å²) in [5.41, 5.74) is 2.48. The van der Waals surface area contributed by atoms with Gasteiger partial charge in [0.15, 0.2) is 11.5 Å². The number of hydrogen-bond donors (Lipinski definition) is 1. The second-order valence-electron chi connectivity index (χ2n) is 5.40. The molecule has 0 unspecified atom stereocenters. The molecule has 0 aliphatic rings. The predicted molar refractivity (Wildman–Crippen MR) is 97.8 cm³/mol. The highest BCUT2D eigenvalue weighted by Crippen LogP contribution is 2.34. The maximum Gasteiger partial charge on any atom is 0.387 e. The van der Waals surface area contributed by atoms with Crippen LogP contribution in [0.5, 0.6) is 11.5 Å². The maximum absolute atomic E-state index is 12.7. The molecule has 3 aromatic rings. The molecular formula is C18H15ClF2N4O2. The predicted octanol–water partition coefficient (Wildman–Crippen LogP) is 4.35. The molecule has 3 rings (SSSR count). The fourth-order valence-corrected chi connectivity index (χ4v) is 2.49. The number of H-pyrrole nitrogens is 1. The number of benzene rings is 2. The van der Waals surface area contributed by atoms with Crippen molar-refractivity contribution in [3.63, 3.8) is 0 Å². The summed E-state index contributed by atoms with van der Waals surface area (Å²) in [6.07, 6.45) is 1.54. The minimum Gasteiger partial charge on any atom is -0.485 e. The van der Waals surface area contributed by atoms with Crippen molar-refractivity contribution in [2.45, 2.75) is 13.2 Å². The lowest BCUT2D eigenvalue weighted by Gasteiger charge is -2.13. The van der Waals surface area contributed by atoms with Crippen molar-refractivity contribution >= 4 is 17.8 Å². The molecule has 0 spiro atoms. The average Bonchev–Trinajstić information content (AvgIpc) is 3.10. The number of aromatic nitrogens is 3. The Kier molecular flexibility index (Phi) is 5.97. The fraction of sp³-hybridized carbons (Fsp3) is 0.167. The van der Waals surface area contributed by atoms with Gasteiger partial charge in [-0.15, -0.1) is 0 Å². The third-order valence-corrected chi connectivity index (χ3v) is 3.82. The number of halogens is 3. The first kappa shape index (κ1) is 18.8. The Morgan fingerprint density at radius 3 is 2.63 bits per heavy atom. The van der Waals surface area contributed by atoms with E-state index < -0.39 is 6.61 Å². The van der Waals surface area contributed by atoms with Crippen molar-refractivity contribution in [3.8, 4) is 22.8 Å². The van der Waals surface area contributed by atoms with Crippen LogP contribution >= 0.6 is 11.6 Å². The molecule has 0 aliphatic heterocycles. The van der Waals surface area contributed by atoms with Gasteiger partial charge in [0.25, 0.3) is 0 Å². The first-order valence-electron chi connectivity index (χ1n) is 7.86. The maximum atomic E-state index is 12.7. The van der Waals surface area contributed by atoms with Crippen LogP contribution in [0, 0.1) is 0 Å². The Morgan fingerprint density at radius 2 is 1.93 bits per heavy atom. The summed E-state index contributed by atoms with van der Waals surface area (Å²) in [5, 5.41) is 11.2. The van der Waals surface area contributed by atoms with Gasteiger partial charge in [-0.05, 0) is 35.9 Å². The molecule has 6 nitrogen and oxygen atoms in total. The topological polar surface area (TPSA) is 72.4 Å². The zero-order chi connectivity index (χ0) is 19.2. The molecule has 1 N–H and O–H groups in total. The van der Waals surface area contributed by atoms with Gasteiger partial charge in [-0.1, -0.05) is 23.7 Å². The smallest absolute Gasteiger partial charge is 0.387 e. The summed E-state index contributed by atoms with van der Waals surface area (Å²) >= 11 is 5.86. The normalized spacial score (nSPS) is 11.3. The third kappa shape index (κ3) is 4.79. The van der Waals surface area contributed by atoms with E-state index in [1.54, 1.807) is 43.4 Å². The second kappa shape index (κ2) is 8.59. The number of ether oxygens (including phenoxy) is 2. The Bertz CT molecular complexity index is 929. The van der Waals surface area contributed by atoms with E-state index in [2.05, 4.69) is 25.1 Å². The van der Waals surface area contributed by atoms with Crippen molar-refractivity contribution in [2.75, 3.05) is 7.05 Å². The van der Waals surface area contributed by atoms with Crippen molar-refractivity contribution < 1.29 is 18.3 Å². The van der Waals surface area contributed by atoms with Crippen LogP contribution in [-0.4, -0.2) is 35.3 Å². The van der Waals surface area contributed by atoms with E-state index in [1.165, 1.54) is 12.3 Å². The van der Waals surface area contributed by atoms with Gasteiger partial charge in [-0.25, -0.2) is 0 Å². The molecule has 0 saturated heterocycles. The van der Waals surface area contributed by atoms with Crippen LogP contribution in [0.2, 0.25) is 5.02 Å². The highest BCUT2D eigenvalue weighted by atomic mass is 35.5. The largest absolute Gasteiger partial charge is 0.485 e. The molecule has 0 atom stereocenters.